The van der Waals surface area contributed by atoms with Gasteiger partial charge >= 0.3 is 0 Å². The first-order valence-electron chi connectivity index (χ1n) is 11.6. The molecular weight excluding hydrogens is 414 g/mol. The fraction of sp³-hybridized carbons (Fsp3) is 0.320. The van der Waals surface area contributed by atoms with E-state index in [1.165, 1.54) is 24.8 Å². The highest BCUT2D eigenvalue weighted by atomic mass is 16.1. The molecule has 2 aromatic carbocycles. The van der Waals surface area contributed by atoms with Crippen LogP contribution in [-0.4, -0.2) is 37.5 Å². The third-order valence-corrected chi connectivity index (χ3v) is 5.55. The van der Waals surface area contributed by atoms with E-state index in [0.29, 0.717) is 23.6 Å². The summed E-state index contributed by atoms with van der Waals surface area (Å²) in [6, 6.07) is 15.0. The van der Waals surface area contributed by atoms with Gasteiger partial charge in [-0.2, -0.15) is 4.52 Å². The molecule has 2 aromatic heterocycles. The summed E-state index contributed by atoms with van der Waals surface area (Å²) in [5.74, 6) is 0.498. The zero-order chi connectivity index (χ0) is 23.0. The van der Waals surface area contributed by atoms with Crippen LogP contribution in [0.25, 0.3) is 16.7 Å². The van der Waals surface area contributed by atoms with Crippen LogP contribution in [0, 0.1) is 0 Å². The monoisotopic (exact) mass is 443 g/mol. The number of carbonyl (C=O) groups excluding carboxylic acids is 1. The lowest BCUT2D eigenvalue weighted by molar-refractivity contribution is 0.0954. The minimum Gasteiger partial charge on any atom is -0.352 e. The Balaban J connectivity index is 0.00000126. The summed E-state index contributed by atoms with van der Waals surface area (Å²) in [5, 5.41) is 18.2. The van der Waals surface area contributed by atoms with Gasteiger partial charge in [0, 0.05) is 17.8 Å². The Kier molecular flexibility index (Phi) is 7.24. The quantitative estimate of drug-likeness (QED) is 0.404. The molecule has 2 heterocycles. The third-order valence-electron chi connectivity index (χ3n) is 5.55. The topological polar surface area (TPSA) is 97.1 Å². The van der Waals surface area contributed by atoms with Gasteiger partial charge in [0.1, 0.15) is 0 Å². The Morgan fingerprint density at radius 3 is 2.67 bits per heavy atom. The molecule has 0 radical (unpaired) electrons. The third kappa shape index (κ3) is 5.16. The van der Waals surface area contributed by atoms with Crippen LogP contribution in [0.3, 0.4) is 0 Å². The lowest BCUT2D eigenvalue weighted by Gasteiger charge is -2.13. The van der Waals surface area contributed by atoms with Gasteiger partial charge in [-0.1, -0.05) is 37.6 Å². The van der Waals surface area contributed by atoms with Crippen molar-refractivity contribution in [2.75, 3.05) is 11.9 Å². The molecule has 0 unspecified atom stereocenters. The van der Waals surface area contributed by atoms with Crippen molar-refractivity contribution >= 4 is 34.1 Å². The maximum atomic E-state index is 12.4. The smallest absolute Gasteiger partial charge is 0.251 e. The number of hydrogen-bond donors (Lipinski definition) is 2. The number of tetrazole rings is 1. The van der Waals surface area contributed by atoms with E-state index in [-0.39, 0.29) is 5.91 Å². The molecule has 0 aliphatic heterocycles. The van der Waals surface area contributed by atoms with E-state index in [9.17, 15) is 4.79 Å². The predicted molar refractivity (Wildman–Crippen MR) is 131 cm³/mol. The summed E-state index contributed by atoms with van der Waals surface area (Å²) in [6.07, 6.45) is 8.12. The maximum absolute atomic E-state index is 12.4. The number of amides is 1. The molecule has 33 heavy (non-hydrogen) atoms. The van der Waals surface area contributed by atoms with Crippen molar-refractivity contribution in [2.45, 2.75) is 46.0 Å². The number of fused-ring (bicyclic) bond motifs is 3. The Morgan fingerprint density at radius 1 is 1.06 bits per heavy atom. The standard InChI is InChI=1S/C23H23N7O.C2H6/c31-23(24-15-14-16-6-2-1-3-7-16)17-10-12-18(13-11-17)25-21-22-27-28-29-30(22)20-9-5-4-8-19(20)26-21;1-2/h4-6,8-13H,1-3,7,14-15H2,(H,24,31)(H,25,26);1-2H3. The van der Waals surface area contributed by atoms with E-state index in [2.05, 4.69) is 37.2 Å². The summed E-state index contributed by atoms with van der Waals surface area (Å²) in [7, 11) is 0. The molecule has 0 bridgehead atoms. The summed E-state index contributed by atoms with van der Waals surface area (Å²) < 4.78 is 1.66. The Labute approximate surface area is 193 Å². The van der Waals surface area contributed by atoms with Gasteiger partial charge in [0.2, 0.25) is 5.65 Å². The van der Waals surface area contributed by atoms with Crippen LogP contribution in [0.1, 0.15) is 56.3 Å². The van der Waals surface area contributed by atoms with E-state index in [1.807, 2.05) is 50.2 Å². The first-order valence-corrected chi connectivity index (χ1v) is 11.6. The van der Waals surface area contributed by atoms with Gasteiger partial charge in [0.15, 0.2) is 5.82 Å². The average molecular weight is 444 g/mol. The highest BCUT2D eigenvalue weighted by Crippen LogP contribution is 2.23. The zero-order valence-electron chi connectivity index (χ0n) is 19.1. The van der Waals surface area contributed by atoms with Crippen LogP contribution in [0.15, 0.2) is 60.2 Å². The summed E-state index contributed by atoms with van der Waals surface area (Å²) in [4.78, 5) is 17.1. The molecule has 1 amide bonds. The van der Waals surface area contributed by atoms with E-state index in [0.717, 1.165) is 29.6 Å². The number of aromatic nitrogens is 5. The molecule has 1 aliphatic carbocycles. The number of benzene rings is 2. The largest absolute Gasteiger partial charge is 0.352 e. The molecule has 0 fully saturated rings. The van der Waals surface area contributed by atoms with Crippen LogP contribution >= 0.6 is 0 Å². The van der Waals surface area contributed by atoms with Crippen molar-refractivity contribution in [1.29, 1.82) is 0 Å². The molecular formula is C25H29N7O. The molecule has 5 rings (SSSR count). The molecule has 4 aromatic rings. The van der Waals surface area contributed by atoms with Crippen molar-refractivity contribution < 1.29 is 4.79 Å². The molecule has 2 N–H and O–H groups in total. The molecule has 1 aliphatic rings. The number of nitrogens with one attached hydrogen (secondary N) is 2. The fourth-order valence-electron chi connectivity index (χ4n) is 3.90. The highest BCUT2D eigenvalue weighted by molar-refractivity contribution is 5.94. The Hall–Kier alpha value is -3.81. The second-order valence-electron chi connectivity index (χ2n) is 7.68. The zero-order valence-corrected chi connectivity index (χ0v) is 19.1. The van der Waals surface area contributed by atoms with Crippen molar-refractivity contribution in [2.24, 2.45) is 0 Å². The highest BCUT2D eigenvalue weighted by Gasteiger charge is 2.12. The SMILES string of the molecule is CC.O=C(NCCC1=CCCCC1)c1ccc(Nc2nc3ccccc3n3nnnc23)cc1. The van der Waals surface area contributed by atoms with Crippen molar-refractivity contribution in [1.82, 2.24) is 30.3 Å². The van der Waals surface area contributed by atoms with Gasteiger partial charge in [0.05, 0.1) is 11.0 Å². The molecule has 8 nitrogen and oxygen atoms in total. The fourth-order valence-corrected chi connectivity index (χ4v) is 3.90. The van der Waals surface area contributed by atoms with Gasteiger partial charge in [-0.3, -0.25) is 4.79 Å². The van der Waals surface area contributed by atoms with Crippen LogP contribution in [0.2, 0.25) is 0 Å². The van der Waals surface area contributed by atoms with Gasteiger partial charge in [-0.25, -0.2) is 4.98 Å². The number of allylic oxidation sites excluding steroid dienone is 1. The minimum absolute atomic E-state index is 0.0594. The lowest BCUT2D eigenvalue weighted by Crippen LogP contribution is -2.24. The van der Waals surface area contributed by atoms with E-state index in [1.54, 1.807) is 16.6 Å². The molecule has 0 saturated heterocycles. The molecule has 0 saturated carbocycles. The van der Waals surface area contributed by atoms with Crippen LogP contribution in [0.5, 0.6) is 0 Å². The molecule has 0 spiro atoms. The van der Waals surface area contributed by atoms with Crippen LogP contribution < -0.4 is 10.6 Å². The van der Waals surface area contributed by atoms with E-state index in [4.69, 9.17) is 0 Å². The maximum Gasteiger partial charge on any atom is 0.251 e. The summed E-state index contributed by atoms with van der Waals surface area (Å²) >= 11 is 0. The molecule has 8 heteroatoms. The Morgan fingerprint density at radius 2 is 1.88 bits per heavy atom. The predicted octanol–water partition coefficient (Wildman–Crippen LogP) is 5.06. The van der Waals surface area contributed by atoms with Crippen molar-refractivity contribution in [3.63, 3.8) is 0 Å². The number of hydrogen-bond acceptors (Lipinski definition) is 6. The number of nitrogens with zero attached hydrogens (tertiary/aromatic N) is 5. The second-order valence-corrected chi connectivity index (χ2v) is 7.68. The van der Waals surface area contributed by atoms with Gasteiger partial charge < -0.3 is 10.6 Å². The minimum atomic E-state index is -0.0594. The van der Waals surface area contributed by atoms with Crippen LogP contribution in [0.4, 0.5) is 11.5 Å². The Bertz CT molecular complexity index is 1260. The lowest BCUT2D eigenvalue weighted by atomic mass is 9.97. The van der Waals surface area contributed by atoms with Gasteiger partial charge in [-0.05, 0) is 78.9 Å². The average Bonchev–Trinajstić information content (AvgIpc) is 3.37. The first kappa shape index (κ1) is 22.4. The number of anilines is 2. The van der Waals surface area contributed by atoms with Gasteiger partial charge in [-0.15, -0.1) is 5.10 Å². The van der Waals surface area contributed by atoms with Gasteiger partial charge in [0.25, 0.3) is 5.91 Å². The van der Waals surface area contributed by atoms with Crippen LogP contribution in [-0.2, 0) is 0 Å². The summed E-state index contributed by atoms with van der Waals surface area (Å²) in [5.41, 5.74) is 5.05. The number of para-hydroxylation sites is 2. The van der Waals surface area contributed by atoms with E-state index < -0.39 is 0 Å². The van der Waals surface area contributed by atoms with Crippen molar-refractivity contribution in [3.8, 4) is 0 Å². The summed E-state index contributed by atoms with van der Waals surface area (Å²) in [6.45, 7) is 4.67. The molecule has 0 atom stereocenters. The second kappa shape index (κ2) is 10.7. The number of carbonyl (C=O) groups is 1. The first-order chi connectivity index (χ1) is 16.3. The normalized spacial score (nSPS) is 13.2. The molecule has 170 valence electrons. The van der Waals surface area contributed by atoms with Crippen molar-refractivity contribution in [3.05, 3.63) is 65.7 Å². The number of rotatable bonds is 6. The van der Waals surface area contributed by atoms with E-state index >= 15 is 0 Å².